The first-order valence-corrected chi connectivity index (χ1v) is 7.80. The average Bonchev–Trinajstić information content (AvgIpc) is 2.44. The van der Waals surface area contributed by atoms with Crippen molar-refractivity contribution in [2.24, 2.45) is 23.7 Å². The lowest BCUT2D eigenvalue weighted by Crippen LogP contribution is -2.53. The Kier molecular flexibility index (Phi) is 4.27. The molecule has 20 heavy (non-hydrogen) atoms. The maximum absolute atomic E-state index is 6.45. The van der Waals surface area contributed by atoms with E-state index in [9.17, 15) is 0 Å². The van der Waals surface area contributed by atoms with Crippen LogP contribution in [0.15, 0.2) is 30.8 Å². The predicted molar refractivity (Wildman–Crippen MR) is 86.8 cm³/mol. The van der Waals surface area contributed by atoms with E-state index in [1.165, 1.54) is 6.42 Å². The van der Waals surface area contributed by atoms with E-state index < -0.39 is 0 Å². The smallest absolute Gasteiger partial charge is 0.120 e. The van der Waals surface area contributed by atoms with Gasteiger partial charge in [0, 0.05) is 0 Å². The fraction of sp³-hybridized carbons (Fsp3) is 0.579. The average molecular weight is 272 g/mol. The number of hydrogen-bond donors (Lipinski definition) is 0. The molecule has 0 radical (unpaired) electrons. The second-order valence-corrected chi connectivity index (χ2v) is 6.82. The summed E-state index contributed by atoms with van der Waals surface area (Å²) in [6.45, 7) is 15.5. The Morgan fingerprint density at radius 1 is 1.15 bits per heavy atom. The van der Waals surface area contributed by atoms with Crippen molar-refractivity contribution < 1.29 is 4.74 Å². The molecule has 1 saturated carbocycles. The summed E-state index contributed by atoms with van der Waals surface area (Å²) in [5, 5.41) is 0. The van der Waals surface area contributed by atoms with E-state index >= 15 is 0 Å². The maximum Gasteiger partial charge on any atom is 0.120 e. The van der Waals surface area contributed by atoms with Gasteiger partial charge >= 0.3 is 0 Å². The van der Waals surface area contributed by atoms with Crippen molar-refractivity contribution in [3.05, 3.63) is 36.4 Å². The van der Waals surface area contributed by atoms with Crippen molar-refractivity contribution in [1.82, 2.24) is 0 Å². The third-order valence-corrected chi connectivity index (χ3v) is 5.75. The van der Waals surface area contributed by atoms with Crippen LogP contribution in [0.3, 0.4) is 0 Å². The van der Waals surface area contributed by atoms with Gasteiger partial charge < -0.3 is 4.74 Å². The molecule has 0 heterocycles. The van der Waals surface area contributed by atoms with Crippen LogP contribution in [0.2, 0.25) is 0 Å². The minimum atomic E-state index is -0.0817. The highest BCUT2D eigenvalue weighted by Gasteiger charge is 2.47. The van der Waals surface area contributed by atoms with Crippen LogP contribution in [0.4, 0.5) is 0 Å². The molecule has 1 aliphatic rings. The van der Waals surface area contributed by atoms with E-state index in [1.807, 2.05) is 6.08 Å². The lowest BCUT2D eigenvalue weighted by atomic mass is 9.62. The Labute approximate surface area is 124 Å². The van der Waals surface area contributed by atoms with Crippen molar-refractivity contribution in [3.8, 4) is 5.75 Å². The Bertz CT molecular complexity index is 461. The lowest BCUT2D eigenvalue weighted by Gasteiger charge is -2.50. The number of rotatable bonds is 3. The zero-order valence-electron chi connectivity index (χ0n) is 13.5. The summed E-state index contributed by atoms with van der Waals surface area (Å²) in [6, 6.07) is 8.25. The molecule has 5 atom stereocenters. The molecule has 0 bridgehead atoms. The summed E-state index contributed by atoms with van der Waals surface area (Å²) in [6.07, 6.45) is 3.11. The van der Waals surface area contributed by atoms with Crippen LogP contribution in [0, 0.1) is 23.7 Å². The Morgan fingerprint density at radius 2 is 1.75 bits per heavy atom. The fourth-order valence-electron chi connectivity index (χ4n) is 3.59. The molecule has 1 aromatic rings. The molecule has 0 amide bonds. The van der Waals surface area contributed by atoms with Crippen LogP contribution in [-0.4, -0.2) is 5.60 Å². The highest BCUT2D eigenvalue weighted by atomic mass is 16.5. The quantitative estimate of drug-likeness (QED) is 0.714. The monoisotopic (exact) mass is 272 g/mol. The highest BCUT2D eigenvalue weighted by molar-refractivity contribution is 5.48. The molecule has 0 aromatic heterocycles. The van der Waals surface area contributed by atoms with E-state index in [1.54, 1.807) is 0 Å². The van der Waals surface area contributed by atoms with E-state index in [-0.39, 0.29) is 5.60 Å². The van der Waals surface area contributed by atoms with Crippen LogP contribution in [0.5, 0.6) is 5.75 Å². The third kappa shape index (κ3) is 2.63. The first-order valence-electron chi connectivity index (χ1n) is 7.80. The van der Waals surface area contributed by atoms with Gasteiger partial charge in [-0.15, -0.1) is 0 Å². The topological polar surface area (TPSA) is 9.23 Å². The molecule has 1 aromatic carbocycles. The van der Waals surface area contributed by atoms with Crippen LogP contribution >= 0.6 is 0 Å². The molecule has 1 aliphatic carbocycles. The largest absolute Gasteiger partial charge is 0.487 e. The van der Waals surface area contributed by atoms with E-state index in [4.69, 9.17) is 4.74 Å². The lowest BCUT2D eigenvalue weighted by molar-refractivity contribution is -0.0840. The van der Waals surface area contributed by atoms with Gasteiger partial charge in [0.2, 0.25) is 0 Å². The number of benzene rings is 1. The third-order valence-electron chi connectivity index (χ3n) is 5.75. The van der Waals surface area contributed by atoms with E-state index in [0.717, 1.165) is 17.2 Å². The van der Waals surface area contributed by atoms with Crippen molar-refractivity contribution in [2.75, 3.05) is 0 Å². The summed E-state index contributed by atoms with van der Waals surface area (Å²) in [5.41, 5.74) is 1.05. The predicted octanol–water partition coefficient (Wildman–Crippen LogP) is 5.42. The zero-order valence-corrected chi connectivity index (χ0v) is 13.5. The normalized spacial score (nSPS) is 37.5. The van der Waals surface area contributed by atoms with Crippen LogP contribution in [0.25, 0.3) is 6.08 Å². The molecule has 2 rings (SSSR count). The van der Waals surface area contributed by atoms with E-state index in [0.29, 0.717) is 17.8 Å². The number of ether oxygens (including phenoxy) is 1. The summed E-state index contributed by atoms with van der Waals surface area (Å²) in [4.78, 5) is 0. The van der Waals surface area contributed by atoms with Crippen molar-refractivity contribution in [2.45, 2.75) is 46.6 Å². The molecule has 0 N–H and O–H groups in total. The SMILES string of the molecule is C=Cc1ccc(OC2(C)C(C)CC(C)C(C)C2C)cc1. The fourth-order valence-corrected chi connectivity index (χ4v) is 3.59. The maximum atomic E-state index is 6.45. The molecule has 0 spiro atoms. The zero-order chi connectivity index (χ0) is 14.9. The Hall–Kier alpha value is -1.24. The molecular formula is C19H28O. The van der Waals surface area contributed by atoms with Crippen LogP contribution in [0.1, 0.15) is 46.6 Å². The highest BCUT2D eigenvalue weighted by Crippen LogP contribution is 2.46. The molecule has 0 aliphatic heterocycles. The van der Waals surface area contributed by atoms with Crippen molar-refractivity contribution in [3.63, 3.8) is 0 Å². The first kappa shape index (κ1) is 15.2. The van der Waals surface area contributed by atoms with Gasteiger partial charge in [0.05, 0.1) is 0 Å². The van der Waals surface area contributed by atoms with Gasteiger partial charge in [0.15, 0.2) is 0 Å². The first-order chi connectivity index (χ1) is 9.38. The number of hydrogen-bond acceptors (Lipinski definition) is 1. The van der Waals surface area contributed by atoms with Crippen LogP contribution < -0.4 is 4.74 Å². The van der Waals surface area contributed by atoms with Crippen molar-refractivity contribution in [1.29, 1.82) is 0 Å². The Morgan fingerprint density at radius 3 is 2.30 bits per heavy atom. The van der Waals surface area contributed by atoms with Gasteiger partial charge in [-0.2, -0.15) is 0 Å². The molecule has 1 nitrogen and oxygen atoms in total. The van der Waals surface area contributed by atoms with Crippen molar-refractivity contribution >= 4 is 6.08 Å². The second-order valence-electron chi connectivity index (χ2n) is 6.82. The van der Waals surface area contributed by atoms with Gasteiger partial charge in [-0.05, 0) is 54.7 Å². The molecule has 1 fully saturated rings. The standard InChI is InChI=1S/C19H28O/c1-7-17-8-10-18(11-9-17)20-19(6)14(3)12-13(2)15(4)16(19)5/h7-11,13-16H,1,12H2,2-6H3. The second kappa shape index (κ2) is 5.63. The molecule has 110 valence electrons. The summed E-state index contributed by atoms with van der Waals surface area (Å²) in [5.74, 6) is 3.57. The van der Waals surface area contributed by atoms with Crippen LogP contribution in [-0.2, 0) is 0 Å². The van der Waals surface area contributed by atoms with Gasteiger partial charge in [0.1, 0.15) is 11.4 Å². The van der Waals surface area contributed by atoms with E-state index in [2.05, 4.69) is 65.5 Å². The minimum absolute atomic E-state index is 0.0817. The summed E-state index contributed by atoms with van der Waals surface area (Å²) < 4.78 is 6.45. The van der Waals surface area contributed by atoms with Gasteiger partial charge in [-0.1, -0.05) is 52.5 Å². The molecule has 1 heteroatoms. The van der Waals surface area contributed by atoms with Gasteiger partial charge in [0.25, 0.3) is 0 Å². The Balaban J connectivity index is 2.22. The molecular weight excluding hydrogens is 244 g/mol. The van der Waals surface area contributed by atoms with Gasteiger partial charge in [-0.25, -0.2) is 0 Å². The molecule has 5 unspecified atom stereocenters. The minimum Gasteiger partial charge on any atom is -0.487 e. The summed E-state index contributed by atoms with van der Waals surface area (Å²) in [7, 11) is 0. The summed E-state index contributed by atoms with van der Waals surface area (Å²) >= 11 is 0. The molecule has 0 saturated heterocycles. The van der Waals surface area contributed by atoms with Gasteiger partial charge in [-0.3, -0.25) is 0 Å².